The summed E-state index contributed by atoms with van der Waals surface area (Å²) in [6.07, 6.45) is 11.3. The molecule has 13 heteroatoms. The predicted molar refractivity (Wildman–Crippen MR) is 229 cm³/mol. The number of amides is 1. The molecule has 0 radical (unpaired) electrons. The van der Waals surface area contributed by atoms with Crippen molar-refractivity contribution in [3.05, 3.63) is 36.5 Å². The van der Waals surface area contributed by atoms with Gasteiger partial charge in [-0.15, -0.1) is 0 Å². The molecule has 0 aromatic carbocycles. The second-order valence-corrected chi connectivity index (χ2v) is 19.3. The van der Waals surface area contributed by atoms with E-state index in [4.69, 9.17) is 28.5 Å². The Kier molecular flexibility index (Phi) is 16.3. The predicted octanol–water partition coefficient (Wildman–Crippen LogP) is 6.81. The number of aliphatic hydroxyl groups is 3. The first-order chi connectivity index (χ1) is 28.7. The molecular weight excluding hydrogens is 783 g/mol. The molecule has 5 aliphatic rings. The van der Waals surface area contributed by atoms with Crippen LogP contribution in [0.1, 0.15) is 140 Å². The van der Waals surface area contributed by atoms with Gasteiger partial charge in [0.25, 0.3) is 5.91 Å². The Morgan fingerprint density at radius 1 is 0.918 bits per heavy atom. The summed E-state index contributed by atoms with van der Waals surface area (Å²) in [5.41, 5.74) is 0.533. The fourth-order valence-corrected chi connectivity index (χ4v) is 10.9. The lowest BCUT2D eigenvalue weighted by Gasteiger charge is -2.54. The molecule has 13 nitrogen and oxygen atoms in total. The molecule has 0 aromatic heterocycles. The summed E-state index contributed by atoms with van der Waals surface area (Å²) in [6, 6.07) is 0. The number of hydrogen-bond acceptors (Lipinski definition) is 12. The van der Waals surface area contributed by atoms with Gasteiger partial charge in [0.15, 0.2) is 5.79 Å². The normalized spacial score (nSPS) is 41.8. The second-order valence-electron chi connectivity index (χ2n) is 19.3. The first-order valence-electron chi connectivity index (χ1n) is 23.2. The maximum absolute atomic E-state index is 14.6. The number of aliphatic hydroxyl groups excluding tert-OH is 2. The molecule has 2 spiro atoms. The third-order valence-corrected chi connectivity index (χ3v) is 15.2. The van der Waals surface area contributed by atoms with E-state index in [2.05, 4.69) is 26.3 Å². The molecule has 0 saturated carbocycles. The van der Waals surface area contributed by atoms with Crippen molar-refractivity contribution < 1.29 is 58.2 Å². The molecule has 5 heterocycles. The number of allylic oxidation sites excluding steroid dienone is 3. The Bertz CT molecular complexity index is 1620. The fourth-order valence-electron chi connectivity index (χ4n) is 10.9. The lowest BCUT2D eigenvalue weighted by atomic mass is 9.72. The Morgan fingerprint density at radius 3 is 2.26 bits per heavy atom. The third-order valence-electron chi connectivity index (χ3n) is 15.2. The van der Waals surface area contributed by atoms with E-state index in [-0.39, 0.29) is 35.7 Å². The van der Waals surface area contributed by atoms with Gasteiger partial charge in [-0.25, -0.2) is 4.79 Å². The number of hydrogen-bond donors (Lipinski definition) is 4. The Hall–Kier alpha value is -2.49. The number of carbonyl (C=O) groups is 3. The van der Waals surface area contributed by atoms with Gasteiger partial charge in [0.05, 0.1) is 53.7 Å². The summed E-state index contributed by atoms with van der Waals surface area (Å²) in [7, 11) is 0. The van der Waals surface area contributed by atoms with Crippen LogP contribution in [-0.4, -0.2) is 98.5 Å². The average Bonchev–Trinajstić information content (AvgIpc) is 3.58. The molecule has 4 fully saturated rings. The van der Waals surface area contributed by atoms with Crippen LogP contribution in [-0.2, 0) is 42.9 Å². The van der Waals surface area contributed by atoms with Crippen LogP contribution in [0, 0.1) is 41.4 Å². The van der Waals surface area contributed by atoms with Gasteiger partial charge >= 0.3 is 5.97 Å². The van der Waals surface area contributed by atoms with Crippen LogP contribution < -0.4 is 5.48 Å². The molecule has 61 heavy (non-hydrogen) atoms. The quantitative estimate of drug-likeness (QED) is 0.0622. The van der Waals surface area contributed by atoms with E-state index in [1.807, 2.05) is 48.5 Å². The number of carbonyl (C=O) groups excluding carboxylic acids is 3. The zero-order valence-electron chi connectivity index (χ0n) is 38.6. The molecule has 0 bridgehead atoms. The monoisotopic (exact) mass is 860 g/mol. The van der Waals surface area contributed by atoms with Gasteiger partial charge in [-0.2, -0.15) is 5.48 Å². The van der Waals surface area contributed by atoms with E-state index in [9.17, 15) is 29.7 Å². The van der Waals surface area contributed by atoms with E-state index in [1.165, 1.54) is 6.08 Å². The summed E-state index contributed by atoms with van der Waals surface area (Å²) in [6.45, 7) is 21.4. The largest absolute Gasteiger partial charge is 0.392 e. The molecule has 346 valence electrons. The molecule has 0 unspecified atom stereocenters. The molecule has 18 atom stereocenters. The minimum atomic E-state index is -1.39. The maximum Gasteiger partial charge on any atom is 0.337 e. The van der Waals surface area contributed by atoms with Crippen molar-refractivity contribution in [2.45, 2.75) is 206 Å². The molecule has 0 aliphatic carbocycles. The number of ketones is 1. The zero-order chi connectivity index (χ0) is 45.1. The maximum atomic E-state index is 14.6. The Morgan fingerprint density at radius 2 is 1.62 bits per heavy atom. The summed E-state index contributed by atoms with van der Waals surface area (Å²) < 4.78 is 33.8. The highest BCUT2D eigenvalue weighted by molar-refractivity contribution is 5.88. The lowest BCUT2D eigenvalue weighted by Crippen LogP contribution is -2.63. The van der Waals surface area contributed by atoms with Crippen molar-refractivity contribution in [2.24, 2.45) is 41.4 Å². The number of rotatable bonds is 14. The van der Waals surface area contributed by atoms with Gasteiger partial charge < -0.3 is 43.8 Å². The molecule has 0 aromatic rings. The highest BCUT2D eigenvalue weighted by Gasteiger charge is 2.63. The summed E-state index contributed by atoms with van der Waals surface area (Å²) in [5, 5.41) is 34.5. The van der Waals surface area contributed by atoms with E-state index in [1.54, 1.807) is 37.3 Å². The van der Waals surface area contributed by atoms with Crippen LogP contribution in [0.3, 0.4) is 0 Å². The topological polar surface area (TPSA) is 179 Å². The molecular formula is C48H77NO12. The van der Waals surface area contributed by atoms with Crippen molar-refractivity contribution in [1.29, 1.82) is 0 Å². The highest BCUT2D eigenvalue weighted by Crippen LogP contribution is 2.54. The summed E-state index contributed by atoms with van der Waals surface area (Å²) >= 11 is 0. The third kappa shape index (κ3) is 10.2. The first-order valence-corrected chi connectivity index (χ1v) is 23.2. The van der Waals surface area contributed by atoms with Crippen molar-refractivity contribution in [1.82, 2.24) is 5.48 Å². The number of Topliss-reactive ketones (excluding diaryl/α,β-unsaturated/α-hetero) is 1. The van der Waals surface area contributed by atoms with Crippen LogP contribution >= 0.6 is 0 Å². The number of ether oxygens (including phenoxy) is 5. The average molecular weight is 860 g/mol. The standard InChI is InChI=1S/C48H77NO12/c1-12-16-17-18-39(51)49-59-44(54)34(13-2)36-20-19-28(5)42(57-36)32(9)40(52)31(8)41(53)35(14-3)43-29(6)27-30(7)47(58-43)24-21-37(50)48(61-47)26-25-45(11,60-48)38-22-23-46(55,15-4)33(10)56-38/h12,16-18,21,24,28-38,40,42-43,50,52,55H,13-15,19-20,22-23,25-27H2,1-11H3,(H,49,51)/b16-12+,18-17+/t28-,29-,30+,31-,32-,33-,34+,35-,36+,37+,38+,40+,42+,43-,45-,46+,47-,48-/m0/s1. The van der Waals surface area contributed by atoms with Gasteiger partial charge in [0.1, 0.15) is 11.9 Å². The number of hydroxylamine groups is 1. The van der Waals surface area contributed by atoms with Gasteiger partial charge in [-0.3, -0.25) is 9.59 Å². The first kappa shape index (κ1) is 49.5. The van der Waals surface area contributed by atoms with Gasteiger partial charge in [-0.1, -0.05) is 73.6 Å². The van der Waals surface area contributed by atoms with Crippen LogP contribution in [0.4, 0.5) is 0 Å². The smallest absolute Gasteiger partial charge is 0.337 e. The van der Waals surface area contributed by atoms with E-state index >= 15 is 0 Å². The van der Waals surface area contributed by atoms with Crippen LogP contribution in [0.5, 0.6) is 0 Å². The highest BCUT2D eigenvalue weighted by atomic mass is 16.8. The second kappa shape index (κ2) is 20.1. The van der Waals surface area contributed by atoms with Crippen molar-refractivity contribution in [2.75, 3.05) is 0 Å². The van der Waals surface area contributed by atoms with Crippen molar-refractivity contribution in [3.8, 4) is 0 Å². The van der Waals surface area contributed by atoms with Crippen LogP contribution in [0.15, 0.2) is 36.5 Å². The van der Waals surface area contributed by atoms with E-state index < -0.39 is 88.8 Å². The van der Waals surface area contributed by atoms with Gasteiger partial charge in [0.2, 0.25) is 5.79 Å². The fraction of sp³-hybridized carbons (Fsp3) is 0.812. The minimum absolute atomic E-state index is 0.0116. The minimum Gasteiger partial charge on any atom is -0.392 e. The van der Waals surface area contributed by atoms with Crippen molar-refractivity contribution >= 4 is 17.7 Å². The Labute approximate surface area is 364 Å². The number of nitrogens with one attached hydrogen (secondary N) is 1. The van der Waals surface area contributed by atoms with Crippen LogP contribution in [0.25, 0.3) is 0 Å². The zero-order valence-corrected chi connectivity index (χ0v) is 38.6. The van der Waals surface area contributed by atoms with Gasteiger partial charge in [-0.05, 0) is 103 Å². The molecule has 4 N–H and O–H groups in total. The molecule has 4 saturated heterocycles. The SMILES string of the molecule is C/C=C/C=C/C(=O)NOC(=O)[C@H](CC)[C@H]1CC[C@H](C)[C@H]([C@@H](C)[C@H](O)[C@H](C)C(=O)[C@H](CC)[C@H]2O[C@]3(C=C[C@@H](O)[C@]4(CC[C@@](C)([C@H]5CC[C@](O)(CC)[C@H](C)O5)O4)O3)[C@H](C)C[C@@H]2C)O1. The molecule has 5 rings (SSSR count). The van der Waals surface area contributed by atoms with Crippen molar-refractivity contribution in [3.63, 3.8) is 0 Å². The summed E-state index contributed by atoms with van der Waals surface area (Å²) in [5.74, 6) is -6.37. The Balaban J connectivity index is 1.26. The van der Waals surface area contributed by atoms with Crippen LogP contribution in [0.2, 0.25) is 0 Å². The van der Waals surface area contributed by atoms with E-state index in [0.717, 1.165) is 6.42 Å². The molecule has 1 amide bonds. The molecule has 5 aliphatic heterocycles. The summed E-state index contributed by atoms with van der Waals surface area (Å²) in [4.78, 5) is 45.0. The van der Waals surface area contributed by atoms with Gasteiger partial charge in [0, 0.05) is 36.2 Å². The lowest BCUT2D eigenvalue weighted by molar-refractivity contribution is -0.409. The van der Waals surface area contributed by atoms with E-state index in [0.29, 0.717) is 57.8 Å².